The zero-order valence-electron chi connectivity index (χ0n) is 12.6. The van der Waals surface area contributed by atoms with Crippen molar-refractivity contribution < 1.29 is 14.3 Å². The average molecular weight is 374 g/mol. The monoisotopic (exact) mass is 373 g/mol. The molecule has 0 aliphatic rings. The molecule has 0 saturated heterocycles. The van der Waals surface area contributed by atoms with Gasteiger partial charge in [0.1, 0.15) is 0 Å². The number of methoxy groups -OCH3 is 1. The summed E-state index contributed by atoms with van der Waals surface area (Å²) in [5, 5.41) is 2.73. The number of hydrogen-bond donors (Lipinski definition) is 1. The van der Waals surface area contributed by atoms with Gasteiger partial charge in [0.05, 0.1) is 12.9 Å². The number of carbonyl (C=O) groups is 2. The van der Waals surface area contributed by atoms with Crippen LogP contribution in [0.2, 0.25) is 0 Å². The summed E-state index contributed by atoms with van der Waals surface area (Å²) in [5.41, 5.74) is 0.694. The molecule has 0 aromatic heterocycles. The number of amides is 1. The molecule has 0 aliphatic carbocycles. The fraction of sp³-hybridized carbons (Fsp3) is 0.467. The highest BCUT2D eigenvalue weighted by Gasteiger charge is 2.24. The average Bonchev–Trinajstić information content (AvgIpc) is 2.42. The number of ether oxygens (including phenoxy) is 1. The number of benzene rings is 1. The molecule has 0 spiro atoms. The van der Waals surface area contributed by atoms with Crippen LogP contribution in [0.1, 0.15) is 32.4 Å². The van der Waals surface area contributed by atoms with E-state index in [1.54, 1.807) is 12.1 Å². The Morgan fingerprint density at radius 1 is 1.29 bits per heavy atom. The Hall–Kier alpha value is -1.01. The van der Waals surface area contributed by atoms with Gasteiger partial charge >= 0.3 is 5.97 Å². The van der Waals surface area contributed by atoms with Gasteiger partial charge in [-0.25, -0.2) is 4.79 Å². The lowest BCUT2D eigenvalue weighted by molar-refractivity contribution is -0.145. The van der Waals surface area contributed by atoms with Crippen LogP contribution in [0.4, 0.5) is 0 Å². The molecule has 21 heavy (non-hydrogen) atoms. The van der Waals surface area contributed by atoms with E-state index in [2.05, 4.69) is 21.2 Å². The van der Waals surface area contributed by atoms with Gasteiger partial charge in [-0.15, -0.1) is 11.8 Å². The number of halogens is 1. The van der Waals surface area contributed by atoms with Crippen LogP contribution < -0.4 is 5.32 Å². The fourth-order valence-corrected chi connectivity index (χ4v) is 2.45. The molecule has 116 valence electrons. The second-order valence-corrected chi connectivity index (χ2v) is 8.19. The highest BCUT2D eigenvalue weighted by Crippen LogP contribution is 2.23. The minimum atomic E-state index is -0.781. The van der Waals surface area contributed by atoms with Gasteiger partial charge in [0, 0.05) is 9.22 Å². The number of nitrogens with one attached hydrogen (secondary N) is 1. The molecule has 1 N–H and O–H groups in total. The first-order valence-corrected chi connectivity index (χ1v) is 8.27. The summed E-state index contributed by atoms with van der Waals surface area (Å²) >= 11 is 4.87. The van der Waals surface area contributed by atoms with Crippen LogP contribution in [0.15, 0.2) is 28.7 Å². The molecular formula is C15H20BrNO3S. The SMILES string of the molecule is COC(=O)C(NC(=O)CSC(C)(C)C)c1ccc(Br)cc1. The zero-order chi connectivity index (χ0) is 16.0. The van der Waals surface area contributed by atoms with E-state index >= 15 is 0 Å². The predicted molar refractivity (Wildman–Crippen MR) is 89.3 cm³/mol. The second-order valence-electron chi connectivity index (χ2n) is 5.48. The summed E-state index contributed by atoms with van der Waals surface area (Å²) in [6.07, 6.45) is 0. The molecule has 1 aromatic rings. The molecule has 0 heterocycles. The Kier molecular flexibility index (Phi) is 6.74. The first-order chi connectivity index (χ1) is 9.73. The third-order valence-electron chi connectivity index (χ3n) is 2.58. The van der Waals surface area contributed by atoms with Crippen molar-refractivity contribution >= 4 is 39.6 Å². The molecule has 1 unspecified atom stereocenters. The van der Waals surface area contributed by atoms with Crippen molar-refractivity contribution in [3.8, 4) is 0 Å². The maximum Gasteiger partial charge on any atom is 0.333 e. The maximum atomic E-state index is 12.0. The van der Waals surface area contributed by atoms with Crippen molar-refractivity contribution in [1.82, 2.24) is 5.32 Å². The van der Waals surface area contributed by atoms with E-state index in [0.717, 1.165) is 4.47 Å². The normalized spacial score (nSPS) is 12.6. The standard InChI is InChI=1S/C15H20BrNO3S/c1-15(2,3)21-9-12(18)17-13(14(19)20-4)10-5-7-11(16)8-6-10/h5-8,13H,9H2,1-4H3,(H,17,18). The van der Waals surface area contributed by atoms with Gasteiger partial charge in [-0.3, -0.25) is 4.79 Å². The molecule has 6 heteroatoms. The van der Waals surface area contributed by atoms with Gasteiger partial charge in [-0.05, 0) is 17.7 Å². The number of rotatable bonds is 5. The van der Waals surface area contributed by atoms with Gasteiger partial charge in [0.2, 0.25) is 5.91 Å². The van der Waals surface area contributed by atoms with Crippen LogP contribution in [-0.2, 0) is 14.3 Å². The smallest absolute Gasteiger partial charge is 0.333 e. The molecule has 0 bridgehead atoms. The van der Waals surface area contributed by atoms with Gasteiger partial charge < -0.3 is 10.1 Å². The quantitative estimate of drug-likeness (QED) is 0.804. The number of esters is 1. The van der Waals surface area contributed by atoms with Crippen LogP contribution in [0.25, 0.3) is 0 Å². The molecule has 0 fully saturated rings. The van der Waals surface area contributed by atoms with Gasteiger partial charge in [-0.1, -0.05) is 48.8 Å². The third kappa shape index (κ3) is 6.52. The first kappa shape index (κ1) is 18.0. The van der Waals surface area contributed by atoms with E-state index < -0.39 is 12.0 Å². The van der Waals surface area contributed by atoms with E-state index in [1.807, 2.05) is 32.9 Å². The largest absolute Gasteiger partial charge is 0.467 e. The van der Waals surface area contributed by atoms with Crippen molar-refractivity contribution in [1.29, 1.82) is 0 Å². The van der Waals surface area contributed by atoms with Gasteiger partial charge in [-0.2, -0.15) is 0 Å². The molecule has 0 aliphatic heterocycles. The molecule has 1 aromatic carbocycles. The summed E-state index contributed by atoms with van der Waals surface area (Å²) < 4.78 is 5.67. The van der Waals surface area contributed by atoms with Crippen LogP contribution in [0.3, 0.4) is 0 Å². The lowest BCUT2D eigenvalue weighted by Crippen LogP contribution is -2.36. The third-order valence-corrected chi connectivity index (χ3v) is 4.38. The minimum Gasteiger partial charge on any atom is -0.467 e. The fourth-order valence-electron chi connectivity index (χ4n) is 1.54. The Labute approximate surface area is 138 Å². The molecule has 0 saturated carbocycles. The van der Waals surface area contributed by atoms with E-state index in [9.17, 15) is 9.59 Å². The van der Waals surface area contributed by atoms with Crippen LogP contribution in [0.5, 0.6) is 0 Å². The summed E-state index contributed by atoms with van der Waals surface area (Å²) in [6.45, 7) is 6.12. The highest BCUT2D eigenvalue weighted by molar-refractivity contribution is 9.10. The minimum absolute atomic E-state index is 0.00425. The van der Waals surface area contributed by atoms with Gasteiger partial charge in [0.25, 0.3) is 0 Å². The summed E-state index contributed by atoms with van der Waals surface area (Å²) in [6, 6.07) is 6.42. The molecule has 1 amide bonds. The van der Waals surface area contributed by atoms with Crippen molar-refractivity contribution in [2.75, 3.05) is 12.9 Å². The van der Waals surface area contributed by atoms with Crippen molar-refractivity contribution in [3.63, 3.8) is 0 Å². The van der Waals surface area contributed by atoms with E-state index in [4.69, 9.17) is 4.74 Å². The molecular weight excluding hydrogens is 354 g/mol. The highest BCUT2D eigenvalue weighted by atomic mass is 79.9. The maximum absolute atomic E-state index is 12.0. The number of carbonyl (C=O) groups excluding carboxylic acids is 2. The van der Waals surface area contributed by atoms with Crippen LogP contribution in [0, 0.1) is 0 Å². The first-order valence-electron chi connectivity index (χ1n) is 6.49. The predicted octanol–water partition coefficient (Wildman–Crippen LogP) is 3.31. The van der Waals surface area contributed by atoms with Crippen LogP contribution >= 0.6 is 27.7 Å². The van der Waals surface area contributed by atoms with Crippen molar-refractivity contribution in [3.05, 3.63) is 34.3 Å². The Morgan fingerprint density at radius 2 is 1.86 bits per heavy atom. The summed E-state index contributed by atoms with van der Waals surface area (Å²) in [5.74, 6) is -0.368. The van der Waals surface area contributed by atoms with Crippen LogP contribution in [-0.4, -0.2) is 29.5 Å². The Balaban J connectivity index is 2.77. The molecule has 0 radical (unpaired) electrons. The molecule has 1 rings (SSSR count). The van der Waals surface area contributed by atoms with E-state index in [1.165, 1.54) is 18.9 Å². The van der Waals surface area contributed by atoms with E-state index in [0.29, 0.717) is 11.3 Å². The lowest BCUT2D eigenvalue weighted by atomic mass is 10.1. The van der Waals surface area contributed by atoms with Crippen molar-refractivity contribution in [2.45, 2.75) is 31.6 Å². The topological polar surface area (TPSA) is 55.4 Å². The zero-order valence-corrected chi connectivity index (χ0v) is 15.0. The van der Waals surface area contributed by atoms with Gasteiger partial charge in [0.15, 0.2) is 6.04 Å². The number of hydrogen-bond acceptors (Lipinski definition) is 4. The summed E-state index contributed by atoms with van der Waals surface area (Å²) in [7, 11) is 1.31. The summed E-state index contributed by atoms with van der Waals surface area (Å²) in [4.78, 5) is 23.9. The second kappa shape index (κ2) is 7.84. The lowest BCUT2D eigenvalue weighted by Gasteiger charge is -2.20. The molecule has 4 nitrogen and oxygen atoms in total. The molecule has 1 atom stereocenters. The van der Waals surface area contributed by atoms with E-state index in [-0.39, 0.29) is 10.7 Å². The Morgan fingerprint density at radius 3 is 2.33 bits per heavy atom. The Bertz CT molecular complexity index is 497. The van der Waals surface area contributed by atoms with Crippen molar-refractivity contribution in [2.24, 2.45) is 0 Å². The number of thioether (sulfide) groups is 1.